The van der Waals surface area contributed by atoms with Gasteiger partial charge in [0.15, 0.2) is 0 Å². The zero-order valence-corrected chi connectivity index (χ0v) is 11.6. The number of carboxylic acids is 1. The standard InChI is InChI=1S/C12H16INO2/c1-3-12(2,11(15)16)14-8-9-4-6-10(13)7-5-9/h4-7,14H,3,8H2,1-2H3,(H,15,16). The van der Waals surface area contributed by atoms with Crippen molar-refractivity contribution in [3.63, 3.8) is 0 Å². The molecule has 0 aliphatic carbocycles. The van der Waals surface area contributed by atoms with E-state index >= 15 is 0 Å². The smallest absolute Gasteiger partial charge is 0.323 e. The highest BCUT2D eigenvalue weighted by atomic mass is 127. The van der Waals surface area contributed by atoms with Gasteiger partial charge < -0.3 is 5.11 Å². The molecule has 1 aromatic carbocycles. The number of rotatable bonds is 5. The van der Waals surface area contributed by atoms with E-state index in [9.17, 15) is 4.79 Å². The van der Waals surface area contributed by atoms with Crippen LogP contribution in [0.5, 0.6) is 0 Å². The lowest BCUT2D eigenvalue weighted by atomic mass is 9.99. The number of carbonyl (C=O) groups is 1. The van der Waals surface area contributed by atoms with E-state index in [1.807, 2.05) is 31.2 Å². The van der Waals surface area contributed by atoms with Crippen LogP contribution in [-0.4, -0.2) is 16.6 Å². The van der Waals surface area contributed by atoms with Gasteiger partial charge in [0.25, 0.3) is 0 Å². The van der Waals surface area contributed by atoms with Crippen LogP contribution in [0.1, 0.15) is 25.8 Å². The summed E-state index contributed by atoms with van der Waals surface area (Å²) >= 11 is 2.24. The van der Waals surface area contributed by atoms with Crippen molar-refractivity contribution in [3.8, 4) is 0 Å². The van der Waals surface area contributed by atoms with Gasteiger partial charge in [0.1, 0.15) is 5.54 Å². The van der Waals surface area contributed by atoms with Crippen molar-refractivity contribution in [3.05, 3.63) is 33.4 Å². The van der Waals surface area contributed by atoms with Crippen LogP contribution in [0.3, 0.4) is 0 Å². The first-order chi connectivity index (χ1) is 7.48. The molecule has 3 nitrogen and oxygen atoms in total. The molecular formula is C12H16INO2. The maximum Gasteiger partial charge on any atom is 0.323 e. The van der Waals surface area contributed by atoms with Gasteiger partial charge in [-0.15, -0.1) is 0 Å². The lowest BCUT2D eigenvalue weighted by molar-refractivity contribution is -0.144. The number of nitrogens with one attached hydrogen (secondary N) is 1. The molecule has 0 radical (unpaired) electrons. The first-order valence-electron chi connectivity index (χ1n) is 5.21. The summed E-state index contributed by atoms with van der Waals surface area (Å²) in [7, 11) is 0. The molecular weight excluding hydrogens is 317 g/mol. The molecule has 0 saturated carbocycles. The molecule has 0 saturated heterocycles. The SMILES string of the molecule is CCC(C)(NCc1ccc(I)cc1)C(=O)O. The Labute approximate surface area is 109 Å². The molecule has 1 aromatic rings. The number of halogens is 1. The first-order valence-corrected chi connectivity index (χ1v) is 6.28. The highest BCUT2D eigenvalue weighted by molar-refractivity contribution is 14.1. The van der Waals surface area contributed by atoms with Crippen molar-refractivity contribution in [2.75, 3.05) is 0 Å². The number of hydrogen-bond acceptors (Lipinski definition) is 2. The molecule has 0 heterocycles. The monoisotopic (exact) mass is 333 g/mol. The quantitative estimate of drug-likeness (QED) is 0.815. The van der Waals surface area contributed by atoms with Crippen molar-refractivity contribution in [1.29, 1.82) is 0 Å². The molecule has 1 unspecified atom stereocenters. The zero-order chi connectivity index (χ0) is 12.2. The van der Waals surface area contributed by atoms with Crippen LogP contribution in [0, 0.1) is 3.57 Å². The van der Waals surface area contributed by atoms with Gasteiger partial charge in [0.05, 0.1) is 0 Å². The summed E-state index contributed by atoms with van der Waals surface area (Å²) in [6.07, 6.45) is 0.562. The van der Waals surface area contributed by atoms with Crippen LogP contribution in [0.15, 0.2) is 24.3 Å². The molecule has 0 bridgehead atoms. The van der Waals surface area contributed by atoms with Crippen molar-refractivity contribution in [2.45, 2.75) is 32.4 Å². The lowest BCUT2D eigenvalue weighted by Gasteiger charge is -2.24. The van der Waals surface area contributed by atoms with Crippen LogP contribution < -0.4 is 5.32 Å². The van der Waals surface area contributed by atoms with Gasteiger partial charge in [-0.3, -0.25) is 10.1 Å². The van der Waals surface area contributed by atoms with Crippen LogP contribution >= 0.6 is 22.6 Å². The Balaban J connectivity index is 2.63. The molecule has 0 aromatic heterocycles. The summed E-state index contributed by atoms with van der Waals surface area (Å²) in [6, 6.07) is 8.04. The number of benzene rings is 1. The fraction of sp³-hybridized carbons (Fsp3) is 0.417. The summed E-state index contributed by atoms with van der Waals surface area (Å²) < 4.78 is 1.18. The second-order valence-electron chi connectivity index (χ2n) is 3.97. The maximum absolute atomic E-state index is 11.1. The molecule has 1 rings (SSSR count). The van der Waals surface area contributed by atoms with Gasteiger partial charge in [-0.25, -0.2) is 0 Å². The van der Waals surface area contributed by atoms with Gasteiger partial charge >= 0.3 is 5.97 Å². The third-order valence-corrected chi connectivity index (χ3v) is 3.49. The van der Waals surface area contributed by atoms with Crippen molar-refractivity contribution in [1.82, 2.24) is 5.32 Å². The Kier molecular flexibility index (Phi) is 4.73. The highest BCUT2D eigenvalue weighted by Gasteiger charge is 2.29. The normalized spacial score (nSPS) is 14.4. The second-order valence-corrected chi connectivity index (χ2v) is 5.22. The van der Waals surface area contributed by atoms with Crippen molar-refractivity contribution in [2.24, 2.45) is 0 Å². The molecule has 16 heavy (non-hydrogen) atoms. The van der Waals surface area contributed by atoms with E-state index in [-0.39, 0.29) is 0 Å². The van der Waals surface area contributed by atoms with Gasteiger partial charge in [-0.1, -0.05) is 19.1 Å². The molecule has 4 heteroatoms. The minimum atomic E-state index is -0.844. The van der Waals surface area contributed by atoms with Crippen molar-refractivity contribution >= 4 is 28.6 Å². The van der Waals surface area contributed by atoms with Crippen LogP contribution in [0.2, 0.25) is 0 Å². The molecule has 2 N–H and O–H groups in total. The second kappa shape index (κ2) is 5.63. The Hall–Kier alpha value is -0.620. The molecule has 0 spiro atoms. The molecule has 1 atom stereocenters. The van der Waals surface area contributed by atoms with Crippen LogP contribution in [0.25, 0.3) is 0 Å². The maximum atomic E-state index is 11.1. The Morgan fingerprint density at radius 2 is 2.00 bits per heavy atom. The van der Waals surface area contributed by atoms with Gasteiger partial charge in [-0.2, -0.15) is 0 Å². The Morgan fingerprint density at radius 1 is 1.44 bits per heavy atom. The molecule has 0 aliphatic heterocycles. The predicted molar refractivity (Wildman–Crippen MR) is 72.3 cm³/mol. The summed E-state index contributed by atoms with van der Waals surface area (Å²) in [5.41, 5.74) is 0.254. The highest BCUT2D eigenvalue weighted by Crippen LogP contribution is 2.12. The lowest BCUT2D eigenvalue weighted by Crippen LogP contribution is -2.48. The number of carboxylic acid groups (broad SMARTS) is 1. The third-order valence-electron chi connectivity index (χ3n) is 2.78. The molecule has 0 amide bonds. The Bertz CT molecular complexity index is 364. The van der Waals surface area contributed by atoms with E-state index in [0.29, 0.717) is 13.0 Å². The summed E-state index contributed by atoms with van der Waals surface area (Å²) in [5.74, 6) is -0.805. The fourth-order valence-electron chi connectivity index (χ4n) is 1.25. The summed E-state index contributed by atoms with van der Waals surface area (Å²) in [5, 5.41) is 12.2. The van der Waals surface area contributed by atoms with Crippen LogP contribution in [0.4, 0.5) is 0 Å². The first kappa shape index (κ1) is 13.4. The molecule has 0 fully saturated rings. The minimum Gasteiger partial charge on any atom is -0.480 e. The number of aliphatic carboxylic acids is 1. The van der Waals surface area contributed by atoms with Crippen molar-refractivity contribution < 1.29 is 9.90 Å². The van der Waals surface area contributed by atoms with E-state index in [2.05, 4.69) is 27.9 Å². The third kappa shape index (κ3) is 3.45. The largest absolute Gasteiger partial charge is 0.480 e. The van der Waals surface area contributed by atoms with E-state index in [4.69, 9.17) is 5.11 Å². The predicted octanol–water partition coefficient (Wildman–Crippen LogP) is 2.63. The zero-order valence-electron chi connectivity index (χ0n) is 9.46. The topological polar surface area (TPSA) is 49.3 Å². The van der Waals surface area contributed by atoms with E-state index in [0.717, 1.165) is 5.56 Å². The minimum absolute atomic E-state index is 0.562. The van der Waals surface area contributed by atoms with E-state index in [1.165, 1.54) is 3.57 Å². The molecule has 88 valence electrons. The average Bonchev–Trinajstić information content (AvgIpc) is 2.27. The average molecular weight is 333 g/mol. The van der Waals surface area contributed by atoms with Crippen LogP contribution in [-0.2, 0) is 11.3 Å². The van der Waals surface area contributed by atoms with Gasteiger partial charge in [0, 0.05) is 10.1 Å². The van der Waals surface area contributed by atoms with Gasteiger partial charge in [-0.05, 0) is 53.6 Å². The molecule has 0 aliphatic rings. The summed E-state index contributed by atoms with van der Waals surface area (Å²) in [6.45, 7) is 4.16. The Morgan fingerprint density at radius 3 is 2.44 bits per heavy atom. The van der Waals surface area contributed by atoms with E-state index < -0.39 is 11.5 Å². The van der Waals surface area contributed by atoms with Gasteiger partial charge in [0.2, 0.25) is 0 Å². The van der Waals surface area contributed by atoms with E-state index in [1.54, 1.807) is 6.92 Å². The fourth-order valence-corrected chi connectivity index (χ4v) is 1.61. The summed E-state index contributed by atoms with van der Waals surface area (Å²) in [4.78, 5) is 11.1. The number of hydrogen-bond donors (Lipinski definition) is 2.